The van der Waals surface area contributed by atoms with E-state index in [2.05, 4.69) is 17.6 Å². The summed E-state index contributed by atoms with van der Waals surface area (Å²) in [4.78, 5) is 26.0. The summed E-state index contributed by atoms with van der Waals surface area (Å²) < 4.78 is 0. The molecule has 1 aromatic rings. The third kappa shape index (κ3) is 4.55. The molecule has 0 spiro atoms. The number of anilines is 1. The third-order valence-electron chi connectivity index (χ3n) is 4.26. The van der Waals surface area contributed by atoms with E-state index in [-0.39, 0.29) is 24.4 Å². The van der Waals surface area contributed by atoms with Crippen LogP contribution < -0.4 is 10.6 Å². The van der Waals surface area contributed by atoms with Crippen molar-refractivity contribution in [3.63, 3.8) is 0 Å². The van der Waals surface area contributed by atoms with Gasteiger partial charge in [-0.05, 0) is 38.3 Å². The van der Waals surface area contributed by atoms with Gasteiger partial charge in [0.2, 0.25) is 11.8 Å². The summed E-state index contributed by atoms with van der Waals surface area (Å²) >= 11 is 0. The minimum atomic E-state index is -0.149. The van der Waals surface area contributed by atoms with Crippen LogP contribution in [0.1, 0.15) is 42.9 Å². The van der Waals surface area contributed by atoms with E-state index < -0.39 is 0 Å². The van der Waals surface area contributed by atoms with Gasteiger partial charge in [-0.2, -0.15) is 0 Å². The van der Waals surface area contributed by atoms with Crippen molar-refractivity contribution in [2.24, 2.45) is 0 Å². The number of amides is 2. The number of rotatable bonds is 5. The summed E-state index contributed by atoms with van der Waals surface area (Å²) in [6, 6.07) is 4.34. The molecule has 1 fully saturated rings. The second-order valence-corrected chi connectivity index (χ2v) is 6.47. The van der Waals surface area contributed by atoms with Crippen molar-refractivity contribution in [1.82, 2.24) is 10.2 Å². The monoisotopic (exact) mass is 317 g/mol. The molecule has 1 aromatic carbocycles. The Morgan fingerprint density at radius 3 is 2.52 bits per heavy atom. The van der Waals surface area contributed by atoms with Crippen LogP contribution in [-0.2, 0) is 9.59 Å². The molecule has 1 saturated heterocycles. The zero-order valence-electron chi connectivity index (χ0n) is 14.5. The number of benzene rings is 1. The molecule has 0 saturated carbocycles. The summed E-state index contributed by atoms with van der Waals surface area (Å²) in [5, 5.41) is 6.27. The minimum absolute atomic E-state index is 0.0506. The predicted octanol–water partition coefficient (Wildman–Crippen LogP) is 2.50. The molecule has 0 aliphatic carbocycles. The van der Waals surface area contributed by atoms with Crippen LogP contribution in [0.5, 0.6) is 0 Å². The second kappa shape index (κ2) is 7.59. The lowest BCUT2D eigenvalue weighted by atomic mass is 10.0. The Hall–Kier alpha value is -1.88. The Kier molecular flexibility index (Phi) is 5.77. The molecular formula is C18H27N3O2. The molecule has 2 rings (SSSR count). The van der Waals surface area contributed by atoms with Gasteiger partial charge in [0.05, 0.1) is 6.67 Å². The average Bonchev–Trinajstić information content (AvgIpc) is 2.46. The highest BCUT2D eigenvalue weighted by molar-refractivity contribution is 5.96. The van der Waals surface area contributed by atoms with E-state index in [4.69, 9.17) is 0 Å². The molecule has 1 aliphatic rings. The van der Waals surface area contributed by atoms with Gasteiger partial charge < -0.3 is 10.2 Å². The lowest BCUT2D eigenvalue weighted by Gasteiger charge is -2.32. The van der Waals surface area contributed by atoms with Crippen molar-refractivity contribution in [3.8, 4) is 0 Å². The van der Waals surface area contributed by atoms with E-state index in [9.17, 15) is 9.59 Å². The van der Waals surface area contributed by atoms with E-state index in [1.165, 1.54) is 5.56 Å². The van der Waals surface area contributed by atoms with Crippen molar-refractivity contribution < 1.29 is 9.59 Å². The van der Waals surface area contributed by atoms with Crippen LogP contribution in [0.25, 0.3) is 0 Å². The number of nitrogens with zero attached hydrogens (tertiary/aromatic N) is 1. The maximum atomic E-state index is 12.3. The molecule has 1 atom stereocenters. The van der Waals surface area contributed by atoms with Crippen molar-refractivity contribution in [2.45, 2.75) is 53.0 Å². The molecule has 0 radical (unpaired) electrons. The largest absolute Gasteiger partial charge is 0.324 e. The second-order valence-electron chi connectivity index (χ2n) is 6.47. The first-order chi connectivity index (χ1) is 10.9. The van der Waals surface area contributed by atoms with Crippen LogP contribution in [0.15, 0.2) is 12.1 Å². The molecule has 0 aromatic heterocycles. The smallest absolute Gasteiger partial charge is 0.244 e. The predicted molar refractivity (Wildman–Crippen MR) is 92.3 cm³/mol. The van der Waals surface area contributed by atoms with Gasteiger partial charge >= 0.3 is 0 Å². The van der Waals surface area contributed by atoms with Crippen molar-refractivity contribution in [2.75, 3.05) is 18.5 Å². The Labute approximate surface area is 138 Å². The summed E-state index contributed by atoms with van der Waals surface area (Å²) in [7, 11) is 0. The Bertz CT molecular complexity index is 575. The Morgan fingerprint density at radius 2 is 1.96 bits per heavy atom. The Morgan fingerprint density at radius 1 is 1.30 bits per heavy atom. The summed E-state index contributed by atoms with van der Waals surface area (Å²) in [6.45, 7) is 8.66. The molecule has 5 nitrogen and oxygen atoms in total. The SMILES string of the molecule is CCCC1CC(=O)N(CC(=O)Nc2c(C)cc(C)cc2C)CN1. The highest BCUT2D eigenvalue weighted by Gasteiger charge is 2.26. The zero-order valence-corrected chi connectivity index (χ0v) is 14.5. The number of aryl methyl sites for hydroxylation is 3. The number of carbonyl (C=O) groups excluding carboxylic acids is 2. The van der Waals surface area contributed by atoms with Gasteiger partial charge in [0.25, 0.3) is 0 Å². The van der Waals surface area contributed by atoms with Gasteiger partial charge in [-0.25, -0.2) is 0 Å². The zero-order chi connectivity index (χ0) is 17.0. The van der Waals surface area contributed by atoms with E-state index in [1.807, 2.05) is 32.9 Å². The molecule has 126 valence electrons. The van der Waals surface area contributed by atoms with Gasteiger partial charge in [-0.15, -0.1) is 0 Å². The van der Waals surface area contributed by atoms with Crippen LogP contribution in [0.2, 0.25) is 0 Å². The summed E-state index contributed by atoms with van der Waals surface area (Å²) in [5.41, 5.74) is 4.11. The first kappa shape index (κ1) is 17.5. The molecule has 1 aliphatic heterocycles. The van der Waals surface area contributed by atoms with Crippen LogP contribution >= 0.6 is 0 Å². The standard InChI is InChI=1S/C18H27N3O2/c1-5-6-15-9-17(23)21(11-19-15)10-16(22)20-18-13(3)7-12(2)8-14(18)4/h7-8,15,19H,5-6,9-11H2,1-4H3,(H,20,22). The maximum absolute atomic E-state index is 12.3. The van der Waals surface area contributed by atoms with Gasteiger partial charge in [0.15, 0.2) is 0 Å². The first-order valence-corrected chi connectivity index (χ1v) is 8.29. The van der Waals surface area contributed by atoms with Gasteiger partial charge in [0, 0.05) is 18.2 Å². The molecule has 0 bridgehead atoms. The molecule has 1 unspecified atom stereocenters. The van der Waals surface area contributed by atoms with Gasteiger partial charge in [-0.1, -0.05) is 31.0 Å². The third-order valence-corrected chi connectivity index (χ3v) is 4.26. The lowest BCUT2D eigenvalue weighted by Crippen LogP contribution is -2.52. The summed E-state index contributed by atoms with van der Waals surface area (Å²) in [5.74, 6) is -0.0983. The van der Waals surface area contributed by atoms with Crippen molar-refractivity contribution in [3.05, 3.63) is 28.8 Å². The van der Waals surface area contributed by atoms with Crippen molar-refractivity contribution in [1.29, 1.82) is 0 Å². The number of nitrogens with one attached hydrogen (secondary N) is 2. The maximum Gasteiger partial charge on any atom is 0.244 e. The number of carbonyl (C=O) groups is 2. The summed E-state index contributed by atoms with van der Waals surface area (Å²) in [6.07, 6.45) is 2.52. The van der Waals surface area contributed by atoms with Crippen LogP contribution in [-0.4, -0.2) is 36.0 Å². The molecule has 2 amide bonds. The fourth-order valence-electron chi connectivity index (χ4n) is 3.17. The fraction of sp³-hybridized carbons (Fsp3) is 0.556. The first-order valence-electron chi connectivity index (χ1n) is 8.29. The van der Waals surface area contributed by atoms with Crippen LogP contribution in [0.4, 0.5) is 5.69 Å². The van der Waals surface area contributed by atoms with E-state index in [1.54, 1.807) is 4.90 Å². The topological polar surface area (TPSA) is 61.4 Å². The molecule has 1 heterocycles. The highest BCUT2D eigenvalue weighted by Crippen LogP contribution is 2.22. The van der Waals surface area contributed by atoms with E-state index in [0.717, 1.165) is 29.7 Å². The van der Waals surface area contributed by atoms with E-state index in [0.29, 0.717) is 13.1 Å². The Balaban J connectivity index is 1.94. The average molecular weight is 317 g/mol. The van der Waals surface area contributed by atoms with Crippen LogP contribution in [0.3, 0.4) is 0 Å². The highest BCUT2D eigenvalue weighted by atomic mass is 16.2. The van der Waals surface area contributed by atoms with Crippen LogP contribution in [0, 0.1) is 20.8 Å². The van der Waals surface area contributed by atoms with Crippen molar-refractivity contribution >= 4 is 17.5 Å². The fourth-order valence-corrected chi connectivity index (χ4v) is 3.17. The molecule has 23 heavy (non-hydrogen) atoms. The molecule has 2 N–H and O–H groups in total. The minimum Gasteiger partial charge on any atom is -0.324 e. The van der Waals surface area contributed by atoms with Gasteiger partial charge in [0.1, 0.15) is 6.54 Å². The van der Waals surface area contributed by atoms with E-state index >= 15 is 0 Å². The molecular weight excluding hydrogens is 290 g/mol. The molecule has 5 heteroatoms. The quantitative estimate of drug-likeness (QED) is 0.877. The number of hydrogen-bond donors (Lipinski definition) is 2. The number of hydrogen-bond acceptors (Lipinski definition) is 3. The van der Waals surface area contributed by atoms with Gasteiger partial charge in [-0.3, -0.25) is 14.9 Å². The normalized spacial score (nSPS) is 18.2. The lowest BCUT2D eigenvalue weighted by molar-refractivity contribution is -0.138.